The Balaban J connectivity index is 2.07. The molecule has 0 bridgehead atoms. The van der Waals surface area contributed by atoms with Crippen molar-refractivity contribution in [2.24, 2.45) is 0 Å². The number of hydrogen-bond acceptors (Lipinski definition) is 6. The van der Waals surface area contributed by atoms with Crippen LogP contribution in [-0.2, 0) is 12.4 Å². The second kappa shape index (κ2) is 12.3. The summed E-state index contributed by atoms with van der Waals surface area (Å²) in [5, 5.41) is 0. The van der Waals surface area contributed by atoms with Crippen molar-refractivity contribution in [3.05, 3.63) is 91.4 Å². The Hall–Kier alpha value is -1.76. The van der Waals surface area contributed by atoms with Crippen LogP contribution >= 0.6 is 45.1 Å². The van der Waals surface area contributed by atoms with Crippen molar-refractivity contribution in [2.45, 2.75) is 12.4 Å². The third-order valence-electron chi connectivity index (χ3n) is 4.10. The molecule has 0 aromatic heterocycles. The first-order valence-corrected chi connectivity index (χ1v) is 13.7. The van der Waals surface area contributed by atoms with Crippen molar-refractivity contribution in [2.75, 3.05) is 12.5 Å². The molecule has 0 saturated carbocycles. The third-order valence-corrected chi connectivity index (χ3v) is 9.25. The monoisotopic (exact) mass is 554 g/mol. The topological polar surface area (TPSA) is 34.1 Å². The quantitative estimate of drug-likeness (QED) is 0.134. The molecule has 0 fully saturated rings. The van der Waals surface area contributed by atoms with Crippen molar-refractivity contribution >= 4 is 56.7 Å². The normalized spacial score (nSPS) is 13.2. The van der Waals surface area contributed by atoms with E-state index in [9.17, 15) is 35.9 Å². The number of thioether (sulfide) groups is 2. The van der Waals surface area contributed by atoms with Gasteiger partial charge in [0, 0.05) is 23.3 Å². The third kappa shape index (κ3) is 8.47. The van der Waals surface area contributed by atoms with Crippen LogP contribution in [0.1, 0.15) is 31.8 Å². The summed E-state index contributed by atoms with van der Waals surface area (Å²) in [4.78, 5) is 24.8. The number of halogens is 6. The number of rotatable bonds is 9. The van der Waals surface area contributed by atoms with Crippen LogP contribution in [0, 0.1) is 0 Å². The fourth-order valence-corrected chi connectivity index (χ4v) is 6.43. The summed E-state index contributed by atoms with van der Waals surface area (Å²) in [7, 11) is 2.35. The van der Waals surface area contributed by atoms with Gasteiger partial charge in [-0.1, -0.05) is 24.3 Å². The van der Waals surface area contributed by atoms with Gasteiger partial charge in [-0.25, -0.2) is 0 Å². The average molecular weight is 555 g/mol. The SMILES string of the molecule is CS/C(=C/C(=O)c1ccc(C(F)(F)F)cc1)SS/C(=C\C(=O)c1ccc(C(F)(F)F)cc1)SC. The largest absolute Gasteiger partial charge is 0.416 e. The van der Waals surface area contributed by atoms with Crippen molar-refractivity contribution in [1.29, 1.82) is 0 Å². The van der Waals surface area contributed by atoms with Gasteiger partial charge < -0.3 is 0 Å². The van der Waals surface area contributed by atoms with E-state index >= 15 is 0 Å². The summed E-state index contributed by atoms with van der Waals surface area (Å²) in [6.45, 7) is 0. The lowest BCUT2D eigenvalue weighted by atomic mass is 10.1. The summed E-state index contributed by atoms with van der Waals surface area (Å²) in [6.07, 6.45) is -2.97. The van der Waals surface area contributed by atoms with Gasteiger partial charge in [-0.3, -0.25) is 9.59 Å². The molecule has 0 aliphatic heterocycles. The molecule has 12 heteroatoms. The van der Waals surface area contributed by atoms with Crippen LogP contribution in [-0.4, -0.2) is 24.1 Å². The molecule has 0 aliphatic rings. The molecular formula is C22H16F6O2S4. The molecule has 0 spiro atoms. The first-order chi connectivity index (χ1) is 15.8. The van der Waals surface area contributed by atoms with Crippen LogP contribution in [0.15, 0.2) is 69.2 Å². The lowest BCUT2D eigenvalue weighted by Gasteiger charge is -2.08. The van der Waals surface area contributed by atoms with E-state index in [4.69, 9.17) is 0 Å². The summed E-state index contributed by atoms with van der Waals surface area (Å²) in [6, 6.07) is 7.76. The maximum absolute atomic E-state index is 12.7. The molecule has 2 nitrogen and oxygen atoms in total. The van der Waals surface area contributed by atoms with E-state index in [0.717, 1.165) is 48.5 Å². The predicted octanol–water partition coefficient (Wildman–Crippen LogP) is 8.58. The minimum atomic E-state index is -4.49. The predicted molar refractivity (Wildman–Crippen MR) is 130 cm³/mol. The van der Waals surface area contributed by atoms with Crippen LogP contribution in [0.4, 0.5) is 26.3 Å². The number of benzene rings is 2. The van der Waals surface area contributed by atoms with E-state index in [2.05, 4.69) is 0 Å². The number of alkyl halides is 6. The molecular weight excluding hydrogens is 538 g/mol. The van der Waals surface area contributed by atoms with Gasteiger partial charge in [-0.05, 0) is 58.4 Å². The average Bonchev–Trinajstić information content (AvgIpc) is 2.79. The zero-order valence-electron chi connectivity index (χ0n) is 17.5. The van der Waals surface area contributed by atoms with Crippen molar-refractivity contribution < 1.29 is 35.9 Å². The molecule has 0 unspecified atom stereocenters. The van der Waals surface area contributed by atoms with Crippen LogP contribution in [0.3, 0.4) is 0 Å². The second-order valence-corrected chi connectivity index (χ2v) is 10.8. The first-order valence-electron chi connectivity index (χ1n) is 9.14. The van der Waals surface area contributed by atoms with Crippen LogP contribution in [0.5, 0.6) is 0 Å². The highest BCUT2D eigenvalue weighted by atomic mass is 33.1. The van der Waals surface area contributed by atoms with Gasteiger partial charge in [0.2, 0.25) is 0 Å². The Kier molecular flexibility index (Phi) is 10.3. The van der Waals surface area contributed by atoms with Crippen LogP contribution in [0.2, 0.25) is 0 Å². The molecule has 0 heterocycles. The van der Waals surface area contributed by atoms with Gasteiger partial charge in [0.1, 0.15) is 0 Å². The second-order valence-electron chi connectivity index (χ2n) is 6.38. The summed E-state index contributed by atoms with van der Waals surface area (Å²) < 4.78 is 77.2. The lowest BCUT2D eigenvalue weighted by molar-refractivity contribution is -0.138. The fourth-order valence-electron chi connectivity index (χ4n) is 2.34. The van der Waals surface area contributed by atoms with Crippen molar-refractivity contribution in [3.63, 3.8) is 0 Å². The Bertz CT molecular complexity index is 985. The lowest BCUT2D eigenvalue weighted by Crippen LogP contribution is -2.05. The molecule has 0 N–H and O–H groups in total. The number of carbonyl (C=O) groups is 2. The Labute approximate surface area is 208 Å². The summed E-state index contributed by atoms with van der Waals surface area (Å²) in [5.74, 6) is -0.941. The highest BCUT2D eigenvalue weighted by Crippen LogP contribution is 2.44. The Morgan fingerprint density at radius 1 is 0.618 bits per heavy atom. The first kappa shape index (κ1) is 28.5. The minimum Gasteiger partial charge on any atom is -0.289 e. The smallest absolute Gasteiger partial charge is 0.289 e. The summed E-state index contributed by atoms with van der Waals surface area (Å²) >= 11 is 2.49. The molecule has 0 radical (unpaired) electrons. The van der Waals surface area contributed by atoms with Gasteiger partial charge in [-0.15, -0.1) is 23.5 Å². The van der Waals surface area contributed by atoms with Crippen molar-refractivity contribution in [1.82, 2.24) is 0 Å². The highest BCUT2D eigenvalue weighted by Gasteiger charge is 2.31. The Morgan fingerprint density at radius 3 is 1.15 bits per heavy atom. The minimum absolute atomic E-state index is 0.100. The fraction of sp³-hybridized carbons (Fsp3) is 0.182. The van der Waals surface area contributed by atoms with Crippen LogP contribution in [0.25, 0.3) is 0 Å². The number of allylic oxidation sites excluding steroid dienone is 2. The van der Waals surface area contributed by atoms with Crippen LogP contribution < -0.4 is 0 Å². The zero-order chi connectivity index (χ0) is 25.5. The molecule has 182 valence electrons. The van der Waals surface area contributed by atoms with Gasteiger partial charge in [0.05, 0.1) is 19.6 Å². The number of hydrogen-bond donors (Lipinski definition) is 0. The van der Waals surface area contributed by atoms with E-state index in [0.29, 0.717) is 8.47 Å². The molecule has 2 aromatic rings. The van der Waals surface area contributed by atoms with Crippen molar-refractivity contribution in [3.8, 4) is 0 Å². The number of ketones is 2. The van der Waals surface area contributed by atoms with E-state index in [1.54, 1.807) is 12.5 Å². The maximum Gasteiger partial charge on any atom is 0.416 e. The standard InChI is InChI=1S/C22H16F6O2S4/c1-31-19(11-17(29)13-3-7-15(8-4-13)21(23,24)25)33-34-20(32-2)12-18(30)14-5-9-16(10-6-14)22(26,27)28/h3-12H,1-2H3/b19-11-,20-12-. The molecule has 2 aromatic carbocycles. The summed E-state index contributed by atoms with van der Waals surface area (Å²) in [5.41, 5.74) is -1.50. The van der Waals surface area contributed by atoms with Gasteiger partial charge in [-0.2, -0.15) is 26.3 Å². The van der Waals surface area contributed by atoms with E-state index in [-0.39, 0.29) is 11.1 Å². The van der Waals surface area contributed by atoms with E-state index in [1.807, 2.05) is 0 Å². The molecule has 0 atom stereocenters. The molecule has 0 amide bonds. The molecule has 34 heavy (non-hydrogen) atoms. The zero-order valence-corrected chi connectivity index (χ0v) is 20.8. The van der Waals surface area contributed by atoms with E-state index < -0.39 is 35.0 Å². The van der Waals surface area contributed by atoms with Gasteiger partial charge in [0.25, 0.3) is 0 Å². The molecule has 0 saturated heterocycles. The van der Waals surface area contributed by atoms with Gasteiger partial charge >= 0.3 is 12.4 Å². The van der Waals surface area contributed by atoms with Gasteiger partial charge in [0.15, 0.2) is 11.6 Å². The number of carbonyl (C=O) groups excluding carboxylic acids is 2. The maximum atomic E-state index is 12.7. The van der Waals surface area contributed by atoms with E-state index in [1.165, 1.54) is 57.3 Å². The molecule has 2 rings (SSSR count). The molecule has 0 aliphatic carbocycles. The Morgan fingerprint density at radius 2 is 0.912 bits per heavy atom. The highest BCUT2D eigenvalue weighted by molar-refractivity contribution is 8.83.